The van der Waals surface area contributed by atoms with Crippen LogP contribution in [0.25, 0.3) is 11.1 Å². The SMILES string of the molecule is O=c1oc2ccccc2n1CCN1CCNCC1. The number of hydrogen-bond acceptors (Lipinski definition) is 4. The Hall–Kier alpha value is -1.59. The summed E-state index contributed by atoms with van der Waals surface area (Å²) in [5.41, 5.74) is 1.56. The van der Waals surface area contributed by atoms with E-state index in [-0.39, 0.29) is 5.76 Å². The third-order valence-corrected chi connectivity index (χ3v) is 3.42. The molecule has 0 radical (unpaired) electrons. The van der Waals surface area contributed by atoms with E-state index in [0.29, 0.717) is 12.1 Å². The number of hydrogen-bond donors (Lipinski definition) is 1. The number of aromatic nitrogens is 1. The second-order valence-electron chi connectivity index (χ2n) is 4.58. The predicted molar refractivity (Wildman–Crippen MR) is 69.8 cm³/mol. The third kappa shape index (κ3) is 2.19. The van der Waals surface area contributed by atoms with Crippen LogP contribution in [0.3, 0.4) is 0 Å². The highest BCUT2D eigenvalue weighted by Crippen LogP contribution is 2.11. The second-order valence-corrected chi connectivity index (χ2v) is 4.58. The van der Waals surface area contributed by atoms with Gasteiger partial charge in [-0.3, -0.25) is 9.47 Å². The highest BCUT2D eigenvalue weighted by Gasteiger charge is 2.12. The van der Waals surface area contributed by atoms with Crippen molar-refractivity contribution in [3.63, 3.8) is 0 Å². The molecule has 0 atom stereocenters. The zero-order chi connectivity index (χ0) is 12.4. The van der Waals surface area contributed by atoms with E-state index in [1.165, 1.54) is 0 Å². The van der Waals surface area contributed by atoms with Gasteiger partial charge in [0, 0.05) is 39.3 Å². The van der Waals surface area contributed by atoms with Crippen LogP contribution < -0.4 is 11.1 Å². The first-order valence-electron chi connectivity index (χ1n) is 6.36. The van der Waals surface area contributed by atoms with Gasteiger partial charge in [0.2, 0.25) is 0 Å². The number of nitrogens with one attached hydrogen (secondary N) is 1. The van der Waals surface area contributed by atoms with Crippen molar-refractivity contribution >= 4 is 11.1 Å². The zero-order valence-electron chi connectivity index (χ0n) is 10.3. The average molecular weight is 247 g/mol. The van der Waals surface area contributed by atoms with E-state index in [9.17, 15) is 4.79 Å². The van der Waals surface area contributed by atoms with Gasteiger partial charge < -0.3 is 9.73 Å². The van der Waals surface area contributed by atoms with Gasteiger partial charge in [-0.1, -0.05) is 12.1 Å². The van der Waals surface area contributed by atoms with Gasteiger partial charge in [0.05, 0.1) is 5.52 Å². The molecule has 1 fully saturated rings. The Labute approximate surface area is 105 Å². The molecule has 0 unspecified atom stereocenters. The Morgan fingerprint density at radius 1 is 1.17 bits per heavy atom. The van der Waals surface area contributed by atoms with E-state index >= 15 is 0 Å². The van der Waals surface area contributed by atoms with Gasteiger partial charge >= 0.3 is 5.76 Å². The lowest BCUT2D eigenvalue weighted by Gasteiger charge is -2.26. The number of rotatable bonds is 3. The highest BCUT2D eigenvalue weighted by atomic mass is 16.4. The van der Waals surface area contributed by atoms with Crippen LogP contribution in [0, 0.1) is 0 Å². The minimum absolute atomic E-state index is 0.258. The van der Waals surface area contributed by atoms with Crippen molar-refractivity contribution in [2.45, 2.75) is 6.54 Å². The van der Waals surface area contributed by atoms with Gasteiger partial charge in [-0.25, -0.2) is 4.79 Å². The lowest BCUT2D eigenvalue weighted by molar-refractivity contribution is 0.231. The summed E-state index contributed by atoms with van der Waals surface area (Å²) in [6.45, 7) is 5.73. The van der Waals surface area contributed by atoms with E-state index in [2.05, 4.69) is 10.2 Å². The maximum Gasteiger partial charge on any atom is 0.419 e. The fourth-order valence-corrected chi connectivity index (χ4v) is 2.40. The van der Waals surface area contributed by atoms with Crippen LogP contribution in [0.5, 0.6) is 0 Å². The van der Waals surface area contributed by atoms with Gasteiger partial charge in [-0.05, 0) is 12.1 Å². The Balaban J connectivity index is 1.77. The molecule has 0 amide bonds. The Kier molecular flexibility index (Phi) is 3.17. The second kappa shape index (κ2) is 4.96. The topological polar surface area (TPSA) is 50.4 Å². The van der Waals surface area contributed by atoms with Crippen molar-refractivity contribution in [1.29, 1.82) is 0 Å². The summed E-state index contributed by atoms with van der Waals surface area (Å²) in [6.07, 6.45) is 0. The summed E-state index contributed by atoms with van der Waals surface area (Å²) in [5.74, 6) is -0.258. The molecule has 1 saturated heterocycles. The Morgan fingerprint density at radius 3 is 2.78 bits per heavy atom. The summed E-state index contributed by atoms with van der Waals surface area (Å²) in [7, 11) is 0. The normalized spacial score (nSPS) is 17.3. The maximum absolute atomic E-state index is 11.8. The molecule has 1 aromatic heterocycles. The van der Waals surface area contributed by atoms with Crippen molar-refractivity contribution in [3.8, 4) is 0 Å². The van der Waals surface area contributed by atoms with Crippen molar-refractivity contribution in [2.75, 3.05) is 32.7 Å². The van der Waals surface area contributed by atoms with Crippen molar-refractivity contribution in [3.05, 3.63) is 34.8 Å². The van der Waals surface area contributed by atoms with Crippen LogP contribution in [0.4, 0.5) is 0 Å². The number of nitrogens with zero attached hydrogens (tertiary/aromatic N) is 2. The molecule has 0 saturated carbocycles. The molecule has 1 N–H and O–H groups in total. The molecule has 18 heavy (non-hydrogen) atoms. The summed E-state index contributed by atoms with van der Waals surface area (Å²) < 4.78 is 6.94. The van der Waals surface area contributed by atoms with Gasteiger partial charge in [-0.15, -0.1) is 0 Å². The number of oxazole rings is 1. The van der Waals surface area contributed by atoms with Gasteiger partial charge in [0.25, 0.3) is 0 Å². The van der Waals surface area contributed by atoms with E-state index in [1.807, 2.05) is 24.3 Å². The molecule has 5 nitrogen and oxygen atoms in total. The minimum Gasteiger partial charge on any atom is -0.408 e. The molecule has 2 aromatic rings. The van der Waals surface area contributed by atoms with Gasteiger partial charge in [0.15, 0.2) is 5.58 Å². The van der Waals surface area contributed by atoms with Gasteiger partial charge in [-0.2, -0.15) is 0 Å². The molecule has 0 bridgehead atoms. The highest BCUT2D eigenvalue weighted by molar-refractivity contribution is 5.72. The fraction of sp³-hybridized carbons (Fsp3) is 0.462. The number of piperazine rings is 1. The monoisotopic (exact) mass is 247 g/mol. The summed E-state index contributed by atoms with van der Waals surface area (Å²) in [6, 6.07) is 7.57. The lowest BCUT2D eigenvalue weighted by atomic mass is 10.3. The molecule has 1 aliphatic heterocycles. The van der Waals surface area contributed by atoms with Crippen LogP contribution in [-0.4, -0.2) is 42.2 Å². The maximum atomic E-state index is 11.8. The largest absolute Gasteiger partial charge is 0.419 e. The van der Waals surface area contributed by atoms with E-state index < -0.39 is 0 Å². The molecule has 0 aliphatic carbocycles. The van der Waals surface area contributed by atoms with Crippen molar-refractivity contribution in [1.82, 2.24) is 14.8 Å². The number of fused-ring (bicyclic) bond motifs is 1. The fourth-order valence-electron chi connectivity index (χ4n) is 2.40. The van der Waals surface area contributed by atoms with E-state index in [4.69, 9.17) is 4.42 Å². The first-order valence-corrected chi connectivity index (χ1v) is 6.36. The van der Waals surface area contributed by atoms with Crippen LogP contribution in [0.1, 0.15) is 0 Å². The van der Waals surface area contributed by atoms with Crippen LogP contribution >= 0.6 is 0 Å². The van der Waals surface area contributed by atoms with Gasteiger partial charge in [0.1, 0.15) is 0 Å². The summed E-state index contributed by atoms with van der Waals surface area (Å²) >= 11 is 0. The Bertz CT molecular complexity index is 581. The first kappa shape index (κ1) is 11.5. The molecule has 96 valence electrons. The molecule has 1 aromatic carbocycles. The molecule has 3 rings (SSSR count). The average Bonchev–Trinajstić information content (AvgIpc) is 2.73. The molecule has 0 spiro atoms. The predicted octanol–water partition coefficient (Wildman–Crippen LogP) is 0.500. The molecule has 1 aliphatic rings. The zero-order valence-corrected chi connectivity index (χ0v) is 10.3. The van der Waals surface area contributed by atoms with E-state index in [0.717, 1.165) is 38.2 Å². The summed E-state index contributed by atoms with van der Waals surface area (Å²) in [5, 5.41) is 3.32. The number of benzene rings is 1. The molecular formula is C13H17N3O2. The lowest BCUT2D eigenvalue weighted by Crippen LogP contribution is -2.44. The van der Waals surface area contributed by atoms with Crippen LogP contribution in [-0.2, 0) is 6.54 Å². The van der Waals surface area contributed by atoms with Crippen molar-refractivity contribution < 1.29 is 4.42 Å². The summed E-state index contributed by atoms with van der Waals surface area (Å²) in [4.78, 5) is 14.1. The van der Waals surface area contributed by atoms with Crippen molar-refractivity contribution in [2.24, 2.45) is 0 Å². The third-order valence-electron chi connectivity index (χ3n) is 3.42. The van der Waals surface area contributed by atoms with Crippen LogP contribution in [0.2, 0.25) is 0 Å². The number of para-hydroxylation sites is 2. The van der Waals surface area contributed by atoms with E-state index in [1.54, 1.807) is 4.57 Å². The quantitative estimate of drug-likeness (QED) is 0.858. The first-order chi connectivity index (χ1) is 8.84. The Morgan fingerprint density at radius 2 is 1.94 bits per heavy atom. The molecule has 5 heteroatoms. The smallest absolute Gasteiger partial charge is 0.408 e. The molecular weight excluding hydrogens is 230 g/mol. The standard InChI is InChI=1S/C13H17N3O2/c17-13-16(10-9-15-7-5-14-6-8-15)11-3-1-2-4-12(11)18-13/h1-4,14H,5-10H2. The minimum atomic E-state index is -0.258. The van der Waals surface area contributed by atoms with Crippen LogP contribution in [0.15, 0.2) is 33.5 Å². The molecule has 2 heterocycles.